The fraction of sp³-hybridized carbons (Fsp3) is 0.417. The Morgan fingerprint density at radius 2 is 2.50 bits per heavy atom. The standard InChI is InChI=1S/C12H15BrN2O2S/c13-9-2-1-3-10(6-9)17-5-4-14-12(16)11-7-18-8-15-11/h1-3,6,11,15H,4-5,7-8H2,(H,14,16)/t11-/m0/s1. The van der Waals surface area contributed by atoms with Gasteiger partial charge in [0.15, 0.2) is 0 Å². The van der Waals surface area contributed by atoms with E-state index in [0.717, 1.165) is 21.9 Å². The Bertz CT molecular complexity index is 411. The minimum atomic E-state index is -0.0548. The van der Waals surface area contributed by atoms with Crippen LogP contribution in [0.4, 0.5) is 0 Å². The summed E-state index contributed by atoms with van der Waals surface area (Å²) in [6.45, 7) is 0.996. The van der Waals surface area contributed by atoms with Gasteiger partial charge in [-0.1, -0.05) is 22.0 Å². The Hall–Kier alpha value is -0.720. The topological polar surface area (TPSA) is 50.4 Å². The lowest BCUT2D eigenvalue weighted by Crippen LogP contribution is -2.43. The predicted octanol–water partition coefficient (Wildman–Crippen LogP) is 1.61. The van der Waals surface area contributed by atoms with Crippen molar-refractivity contribution in [3.05, 3.63) is 28.7 Å². The highest BCUT2D eigenvalue weighted by Crippen LogP contribution is 2.17. The molecule has 1 aromatic rings. The van der Waals surface area contributed by atoms with Crippen LogP contribution in [0.25, 0.3) is 0 Å². The molecule has 0 spiro atoms. The van der Waals surface area contributed by atoms with Gasteiger partial charge in [-0.05, 0) is 18.2 Å². The maximum absolute atomic E-state index is 11.7. The third-order valence-corrected chi connectivity index (χ3v) is 3.93. The zero-order valence-electron chi connectivity index (χ0n) is 9.82. The molecule has 0 saturated carbocycles. The van der Waals surface area contributed by atoms with Crippen molar-refractivity contribution in [3.63, 3.8) is 0 Å². The lowest BCUT2D eigenvalue weighted by Gasteiger charge is -2.11. The van der Waals surface area contributed by atoms with Crippen LogP contribution in [0.3, 0.4) is 0 Å². The number of rotatable bonds is 5. The van der Waals surface area contributed by atoms with Crippen molar-refractivity contribution in [2.75, 3.05) is 24.8 Å². The first-order valence-electron chi connectivity index (χ1n) is 5.73. The molecule has 1 saturated heterocycles. The Morgan fingerprint density at radius 1 is 1.61 bits per heavy atom. The molecular formula is C12H15BrN2O2S. The van der Waals surface area contributed by atoms with Gasteiger partial charge < -0.3 is 10.1 Å². The van der Waals surface area contributed by atoms with E-state index in [1.807, 2.05) is 24.3 Å². The van der Waals surface area contributed by atoms with Crippen LogP contribution in [-0.4, -0.2) is 36.7 Å². The van der Waals surface area contributed by atoms with Gasteiger partial charge in [-0.15, -0.1) is 11.8 Å². The van der Waals surface area contributed by atoms with E-state index in [2.05, 4.69) is 26.6 Å². The zero-order valence-corrected chi connectivity index (χ0v) is 12.2. The van der Waals surface area contributed by atoms with Crippen molar-refractivity contribution in [3.8, 4) is 5.75 Å². The summed E-state index contributed by atoms with van der Waals surface area (Å²) in [6, 6.07) is 7.59. The van der Waals surface area contributed by atoms with Crippen molar-refractivity contribution < 1.29 is 9.53 Å². The highest BCUT2D eigenvalue weighted by Gasteiger charge is 2.21. The molecule has 0 bridgehead atoms. The number of benzene rings is 1. The molecule has 1 amide bonds. The minimum absolute atomic E-state index is 0.0536. The SMILES string of the molecule is O=C(NCCOc1cccc(Br)c1)[C@@H]1CSCN1. The van der Waals surface area contributed by atoms with Gasteiger partial charge in [-0.3, -0.25) is 10.1 Å². The summed E-state index contributed by atoms with van der Waals surface area (Å²) in [7, 11) is 0. The van der Waals surface area contributed by atoms with Crippen molar-refractivity contribution >= 4 is 33.6 Å². The van der Waals surface area contributed by atoms with Gasteiger partial charge in [0.2, 0.25) is 5.91 Å². The van der Waals surface area contributed by atoms with Crippen molar-refractivity contribution in [1.29, 1.82) is 0 Å². The number of nitrogens with one attached hydrogen (secondary N) is 2. The van der Waals surface area contributed by atoms with Gasteiger partial charge in [-0.25, -0.2) is 0 Å². The van der Waals surface area contributed by atoms with Crippen molar-refractivity contribution in [2.24, 2.45) is 0 Å². The Kier molecular flexibility index (Phi) is 5.34. The van der Waals surface area contributed by atoms with E-state index in [4.69, 9.17) is 4.74 Å². The van der Waals surface area contributed by atoms with Crippen LogP contribution in [0.1, 0.15) is 0 Å². The number of ether oxygens (including phenoxy) is 1. The predicted molar refractivity (Wildman–Crippen MR) is 76.9 cm³/mol. The third-order valence-electron chi connectivity index (χ3n) is 2.50. The molecule has 2 N–H and O–H groups in total. The van der Waals surface area contributed by atoms with Gasteiger partial charge in [0.05, 0.1) is 12.6 Å². The molecule has 1 fully saturated rings. The van der Waals surface area contributed by atoms with Crippen LogP contribution in [-0.2, 0) is 4.79 Å². The summed E-state index contributed by atoms with van der Waals surface area (Å²) >= 11 is 5.12. The average molecular weight is 331 g/mol. The summed E-state index contributed by atoms with van der Waals surface area (Å²) in [5.41, 5.74) is 0. The van der Waals surface area contributed by atoms with Gasteiger partial charge in [0.25, 0.3) is 0 Å². The molecule has 0 radical (unpaired) electrons. The number of amides is 1. The van der Waals surface area contributed by atoms with Gasteiger partial charge in [0, 0.05) is 16.1 Å². The van der Waals surface area contributed by atoms with E-state index < -0.39 is 0 Å². The largest absolute Gasteiger partial charge is 0.492 e. The van der Waals surface area contributed by atoms with E-state index in [0.29, 0.717) is 13.2 Å². The molecule has 1 aliphatic rings. The summed E-state index contributed by atoms with van der Waals surface area (Å²) < 4.78 is 6.51. The number of hydrogen-bond donors (Lipinski definition) is 2. The lowest BCUT2D eigenvalue weighted by molar-refractivity contribution is -0.122. The molecular weight excluding hydrogens is 316 g/mol. The maximum atomic E-state index is 11.7. The fourth-order valence-electron chi connectivity index (χ4n) is 1.59. The molecule has 1 atom stereocenters. The quantitative estimate of drug-likeness (QED) is 0.805. The average Bonchev–Trinajstić information content (AvgIpc) is 2.88. The number of thioether (sulfide) groups is 1. The molecule has 0 aromatic heterocycles. The van der Waals surface area contributed by atoms with Crippen molar-refractivity contribution in [1.82, 2.24) is 10.6 Å². The Morgan fingerprint density at radius 3 is 3.22 bits per heavy atom. The lowest BCUT2D eigenvalue weighted by atomic mass is 10.3. The second-order valence-corrected chi connectivity index (χ2v) is 5.81. The highest BCUT2D eigenvalue weighted by molar-refractivity contribution is 9.10. The van der Waals surface area contributed by atoms with Crippen LogP contribution in [0, 0.1) is 0 Å². The van der Waals surface area contributed by atoms with E-state index >= 15 is 0 Å². The van der Waals surface area contributed by atoms with E-state index in [-0.39, 0.29) is 11.9 Å². The summed E-state index contributed by atoms with van der Waals surface area (Å²) in [4.78, 5) is 11.7. The van der Waals surface area contributed by atoms with E-state index in [1.54, 1.807) is 11.8 Å². The summed E-state index contributed by atoms with van der Waals surface area (Å²) in [5.74, 6) is 2.55. The van der Waals surface area contributed by atoms with E-state index in [9.17, 15) is 4.79 Å². The van der Waals surface area contributed by atoms with Crippen LogP contribution in [0.2, 0.25) is 0 Å². The molecule has 4 nitrogen and oxygen atoms in total. The van der Waals surface area contributed by atoms with Crippen LogP contribution < -0.4 is 15.4 Å². The van der Waals surface area contributed by atoms with Crippen molar-refractivity contribution in [2.45, 2.75) is 6.04 Å². The summed E-state index contributed by atoms with van der Waals surface area (Å²) in [5, 5.41) is 5.98. The van der Waals surface area contributed by atoms with E-state index in [1.165, 1.54) is 0 Å². The van der Waals surface area contributed by atoms with Gasteiger partial charge in [0.1, 0.15) is 12.4 Å². The number of carbonyl (C=O) groups is 1. The normalized spacial score (nSPS) is 18.6. The molecule has 0 aliphatic carbocycles. The zero-order chi connectivity index (χ0) is 12.8. The van der Waals surface area contributed by atoms with Crippen LogP contribution in [0.5, 0.6) is 5.75 Å². The molecule has 1 aromatic carbocycles. The molecule has 2 rings (SSSR count). The maximum Gasteiger partial charge on any atom is 0.238 e. The monoisotopic (exact) mass is 330 g/mol. The first-order chi connectivity index (χ1) is 8.75. The molecule has 6 heteroatoms. The van der Waals surface area contributed by atoms with Gasteiger partial charge in [-0.2, -0.15) is 0 Å². The Balaban J connectivity index is 1.65. The second kappa shape index (κ2) is 7.01. The summed E-state index contributed by atoms with van der Waals surface area (Å²) in [6.07, 6.45) is 0. The molecule has 98 valence electrons. The third kappa shape index (κ3) is 4.19. The molecule has 0 unspecified atom stereocenters. The fourth-order valence-corrected chi connectivity index (χ4v) is 2.91. The minimum Gasteiger partial charge on any atom is -0.492 e. The van der Waals surface area contributed by atoms with Gasteiger partial charge >= 0.3 is 0 Å². The highest BCUT2D eigenvalue weighted by atomic mass is 79.9. The first kappa shape index (κ1) is 13.7. The first-order valence-corrected chi connectivity index (χ1v) is 7.68. The number of carbonyl (C=O) groups excluding carboxylic acids is 1. The number of hydrogen-bond acceptors (Lipinski definition) is 4. The second-order valence-electron chi connectivity index (χ2n) is 3.87. The molecule has 1 heterocycles. The van der Waals surface area contributed by atoms with Crippen LogP contribution in [0.15, 0.2) is 28.7 Å². The Labute approximate surface area is 119 Å². The number of halogens is 1. The molecule has 18 heavy (non-hydrogen) atoms. The molecule has 1 aliphatic heterocycles. The van der Waals surface area contributed by atoms with Crippen LogP contribution >= 0.6 is 27.7 Å². The smallest absolute Gasteiger partial charge is 0.238 e.